The van der Waals surface area contributed by atoms with Crippen molar-refractivity contribution in [2.75, 3.05) is 13.1 Å². The first-order valence-corrected chi connectivity index (χ1v) is 11.8. The SMILES string of the molecule is CCCCC1CCC(C(=O)N2CCCC(c3nnc(-c4ccsc4)o3)C2)CC1. The van der Waals surface area contributed by atoms with Gasteiger partial charge in [0.2, 0.25) is 17.7 Å². The van der Waals surface area contributed by atoms with Gasteiger partial charge in [0.15, 0.2) is 0 Å². The van der Waals surface area contributed by atoms with Gasteiger partial charge >= 0.3 is 0 Å². The lowest BCUT2D eigenvalue weighted by Gasteiger charge is -2.36. The van der Waals surface area contributed by atoms with Crippen LogP contribution in [-0.2, 0) is 4.79 Å². The fourth-order valence-corrected chi connectivity index (χ4v) is 5.36. The molecule has 1 amide bonds. The van der Waals surface area contributed by atoms with Crippen LogP contribution in [0.3, 0.4) is 0 Å². The van der Waals surface area contributed by atoms with E-state index < -0.39 is 0 Å². The third-order valence-corrected chi connectivity index (χ3v) is 7.14. The molecule has 2 aromatic rings. The number of nitrogens with zero attached hydrogens (tertiary/aromatic N) is 3. The molecule has 1 aliphatic heterocycles. The number of unbranched alkanes of at least 4 members (excludes halogenated alkanes) is 1. The molecule has 5 nitrogen and oxygen atoms in total. The molecule has 1 saturated heterocycles. The van der Waals surface area contributed by atoms with Gasteiger partial charge in [-0.05, 0) is 55.9 Å². The summed E-state index contributed by atoms with van der Waals surface area (Å²) in [5, 5.41) is 12.5. The zero-order chi connectivity index (χ0) is 19.3. The minimum absolute atomic E-state index is 0.165. The Morgan fingerprint density at radius 2 is 2.11 bits per heavy atom. The van der Waals surface area contributed by atoms with Crippen molar-refractivity contribution in [3.05, 3.63) is 22.7 Å². The molecular weight excluding hydrogens is 370 g/mol. The van der Waals surface area contributed by atoms with Crippen LogP contribution in [0.1, 0.15) is 76.5 Å². The molecule has 0 aromatic carbocycles. The number of carbonyl (C=O) groups is 1. The summed E-state index contributed by atoms with van der Waals surface area (Å²) >= 11 is 1.62. The van der Waals surface area contributed by atoms with E-state index >= 15 is 0 Å². The number of likely N-dealkylation sites (tertiary alicyclic amines) is 1. The van der Waals surface area contributed by atoms with Gasteiger partial charge in [-0.15, -0.1) is 10.2 Å². The van der Waals surface area contributed by atoms with Crippen molar-refractivity contribution >= 4 is 17.2 Å². The lowest BCUT2D eigenvalue weighted by Crippen LogP contribution is -2.43. The number of thiophene rings is 1. The van der Waals surface area contributed by atoms with E-state index in [9.17, 15) is 4.79 Å². The zero-order valence-corrected chi connectivity index (χ0v) is 17.6. The molecule has 1 saturated carbocycles. The van der Waals surface area contributed by atoms with Crippen LogP contribution in [0.2, 0.25) is 0 Å². The first-order valence-electron chi connectivity index (χ1n) is 10.9. The van der Waals surface area contributed by atoms with E-state index in [1.165, 1.54) is 32.1 Å². The highest BCUT2D eigenvalue weighted by Crippen LogP contribution is 2.35. The van der Waals surface area contributed by atoms with Crippen molar-refractivity contribution in [1.29, 1.82) is 0 Å². The second-order valence-corrected chi connectivity index (χ2v) is 9.22. The summed E-state index contributed by atoms with van der Waals surface area (Å²) in [6, 6.07) is 2.00. The summed E-state index contributed by atoms with van der Waals surface area (Å²) in [5.41, 5.74) is 0.979. The Balaban J connectivity index is 1.33. The molecule has 3 heterocycles. The van der Waals surface area contributed by atoms with Gasteiger partial charge in [-0.3, -0.25) is 4.79 Å². The zero-order valence-electron chi connectivity index (χ0n) is 16.8. The summed E-state index contributed by atoms with van der Waals surface area (Å²) in [4.78, 5) is 15.2. The lowest BCUT2D eigenvalue weighted by molar-refractivity contribution is -0.138. The molecule has 1 aliphatic carbocycles. The van der Waals surface area contributed by atoms with Crippen LogP contribution in [0.25, 0.3) is 11.5 Å². The van der Waals surface area contributed by atoms with Crippen molar-refractivity contribution in [2.45, 2.75) is 70.6 Å². The van der Waals surface area contributed by atoms with Gasteiger partial charge in [0.25, 0.3) is 0 Å². The number of aromatic nitrogens is 2. The first-order chi connectivity index (χ1) is 13.7. The van der Waals surface area contributed by atoms with Crippen molar-refractivity contribution in [2.24, 2.45) is 11.8 Å². The largest absolute Gasteiger partial charge is 0.420 e. The predicted molar refractivity (Wildman–Crippen MR) is 111 cm³/mol. The monoisotopic (exact) mass is 401 g/mol. The number of amides is 1. The van der Waals surface area contributed by atoms with Crippen molar-refractivity contribution < 1.29 is 9.21 Å². The minimum atomic E-state index is 0.165. The first kappa shape index (κ1) is 19.6. The van der Waals surface area contributed by atoms with Crippen LogP contribution < -0.4 is 0 Å². The van der Waals surface area contributed by atoms with Gasteiger partial charge in [0.1, 0.15) is 0 Å². The summed E-state index contributed by atoms with van der Waals surface area (Å²) < 4.78 is 5.94. The van der Waals surface area contributed by atoms with E-state index in [0.717, 1.165) is 50.3 Å². The van der Waals surface area contributed by atoms with Gasteiger partial charge in [-0.1, -0.05) is 26.2 Å². The van der Waals surface area contributed by atoms with E-state index in [2.05, 4.69) is 22.0 Å². The Kier molecular flexibility index (Phi) is 6.45. The van der Waals surface area contributed by atoms with Crippen LogP contribution in [0, 0.1) is 11.8 Å². The highest BCUT2D eigenvalue weighted by molar-refractivity contribution is 7.08. The normalized spacial score (nSPS) is 25.8. The second-order valence-electron chi connectivity index (χ2n) is 8.44. The minimum Gasteiger partial charge on any atom is -0.420 e. The molecule has 1 atom stereocenters. The Labute approximate surface area is 171 Å². The average Bonchev–Trinajstić information content (AvgIpc) is 3.44. The number of hydrogen-bond acceptors (Lipinski definition) is 5. The Morgan fingerprint density at radius 3 is 2.86 bits per heavy atom. The van der Waals surface area contributed by atoms with E-state index in [0.29, 0.717) is 17.7 Å². The fraction of sp³-hybridized carbons (Fsp3) is 0.682. The van der Waals surface area contributed by atoms with Crippen LogP contribution >= 0.6 is 11.3 Å². The van der Waals surface area contributed by atoms with Crippen LogP contribution in [0.5, 0.6) is 0 Å². The lowest BCUT2D eigenvalue weighted by atomic mass is 9.79. The third-order valence-electron chi connectivity index (χ3n) is 6.45. The molecule has 0 N–H and O–H groups in total. The standard InChI is InChI=1S/C22H31N3O2S/c1-2-3-5-16-7-9-17(10-8-16)22(26)25-12-4-6-18(14-25)20-23-24-21(27-20)19-11-13-28-15-19/h11,13,15-18H,2-10,12,14H2,1H3. The van der Waals surface area contributed by atoms with E-state index in [-0.39, 0.29) is 11.8 Å². The molecule has 0 spiro atoms. The smallest absolute Gasteiger partial charge is 0.248 e. The molecule has 0 radical (unpaired) electrons. The summed E-state index contributed by atoms with van der Waals surface area (Å²) in [6.07, 6.45) is 10.5. The molecule has 4 rings (SSSR count). The Bertz CT molecular complexity index is 750. The van der Waals surface area contributed by atoms with Gasteiger partial charge in [0, 0.05) is 30.0 Å². The second kappa shape index (κ2) is 9.21. The van der Waals surface area contributed by atoms with E-state index in [4.69, 9.17) is 4.42 Å². The van der Waals surface area contributed by atoms with Crippen molar-refractivity contribution in [1.82, 2.24) is 15.1 Å². The highest BCUT2D eigenvalue weighted by atomic mass is 32.1. The molecule has 2 fully saturated rings. The molecule has 1 unspecified atom stereocenters. The highest BCUT2D eigenvalue weighted by Gasteiger charge is 2.33. The Morgan fingerprint density at radius 1 is 1.25 bits per heavy atom. The van der Waals surface area contributed by atoms with Gasteiger partial charge in [-0.2, -0.15) is 11.3 Å². The van der Waals surface area contributed by atoms with Gasteiger partial charge < -0.3 is 9.32 Å². The van der Waals surface area contributed by atoms with E-state index in [1.807, 2.05) is 16.8 Å². The van der Waals surface area contributed by atoms with Crippen molar-refractivity contribution in [3.63, 3.8) is 0 Å². The molecule has 6 heteroatoms. The van der Waals surface area contributed by atoms with Crippen LogP contribution in [0.15, 0.2) is 21.2 Å². The van der Waals surface area contributed by atoms with Crippen LogP contribution in [0.4, 0.5) is 0 Å². The molecule has 2 aliphatic rings. The summed E-state index contributed by atoms with van der Waals surface area (Å²) in [6.45, 7) is 3.85. The number of hydrogen-bond donors (Lipinski definition) is 0. The maximum atomic E-state index is 13.1. The Hall–Kier alpha value is -1.69. The van der Waals surface area contributed by atoms with Crippen LogP contribution in [-0.4, -0.2) is 34.1 Å². The quantitative estimate of drug-likeness (QED) is 0.641. The number of rotatable bonds is 6. The predicted octanol–water partition coefficient (Wildman–Crippen LogP) is 5.50. The average molecular weight is 402 g/mol. The van der Waals surface area contributed by atoms with Gasteiger partial charge in [-0.25, -0.2) is 0 Å². The number of piperidine rings is 1. The molecule has 28 heavy (non-hydrogen) atoms. The summed E-state index contributed by atoms with van der Waals surface area (Å²) in [5.74, 6) is 2.86. The van der Waals surface area contributed by atoms with E-state index in [1.54, 1.807) is 11.3 Å². The summed E-state index contributed by atoms with van der Waals surface area (Å²) in [7, 11) is 0. The molecular formula is C22H31N3O2S. The molecule has 152 valence electrons. The topological polar surface area (TPSA) is 59.2 Å². The third kappa shape index (κ3) is 4.48. The number of carbonyl (C=O) groups excluding carboxylic acids is 1. The van der Waals surface area contributed by atoms with Crippen molar-refractivity contribution in [3.8, 4) is 11.5 Å². The van der Waals surface area contributed by atoms with Gasteiger partial charge in [0.05, 0.1) is 5.92 Å². The fourth-order valence-electron chi connectivity index (χ4n) is 4.73. The maximum Gasteiger partial charge on any atom is 0.248 e. The molecule has 2 aromatic heterocycles. The maximum absolute atomic E-state index is 13.1. The molecule has 0 bridgehead atoms.